The normalized spacial score (nSPS) is 17.2. The molecule has 0 radical (unpaired) electrons. The number of hydrogen-bond acceptors (Lipinski definition) is 6. The molecule has 130 valence electrons. The van der Waals surface area contributed by atoms with Crippen molar-refractivity contribution >= 4 is 21.6 Å². The van der Waals surface area contributed by atoms with Crippen molar-refractivity contribution in [3.63, 3.8) is 0 Å². The standard InChI is InChI=1S/C15H19ClN4O3S/c1-12-17-18-15(23-12)10-19-6-8-20(9-7-19)24(21,22)11-13-4-2-3-5-14(13)16/h2-5H,6-11H2,1H3. The molecule has 1 aromatic heterocycles. The van der Waals surface area contributed by atoms with Crippen molar-refractivity contribution in [2.24, 2.45) is 0 Å². The molecule has 0 bridgehead atoms. The van der Waals surface area contributed by atoms with E-state index in [-0.39, 0.29) is 5.75 Å². The number of halogens is 1. The Morgan fingerprint density at radius 2 is 1.88 bits per heavy atom. The van der Waals surface area contributed by atoms with Gasteiger partial charge in [0.1, 0.15) is 0 Å². The second-order valence-electron chi connectivity index (χ2n) is 5.74. The molecule has 1 fully saturated rings. The van der Waals surface area contributed by atoms with E-state index in [2.05, 4.69) is 15.1 Å². The van der Waals surface area contributed by atoms with E-state index in [1.807, 2.05) is 0 Å². The lowest BCUT2D eigenvalue weighted by Crippen LogP contribution is -2.48. The summed E-state index contributed by atoms with van der Waals surface area (Å²) < 4.78 is 32.0. The first-order valence-corrected chi connectivity index (χ1v) is 9.65. The van der Waals surface area contributed by atoms with E-state index < -0.39 is 10.0 Å². The van der Waals surface area contributed by atoms with Gasteiger partial charge in [0, 0.05) is 38.1 Å². The van der Waals surface area contributed by atoms with Gasteiger partial charge in [-0.2, -0.15) is 4.31 Å². The van der Waals surface area contributed by atoms with E-state index in [0.717, 1.165) is 0 Å². The van der Waals surface area contributed by atoms with Gasteiger partial charge in [0.2, 0.25) is 21.8 Å². The summed E-state index contributed by atoms with van der Waals surface area (Å²) in [5, 5.41) is 8.25. The maximum Gasteiger partial charge on any atom is 0.230 e. The Morgan fingerprint density at radius 1 is 1.17 bits per heavy atom. The summed E-state index contributed by atoms with van der Waals surface area (Å²) in [4.78, 5) is 2.11. The van der Waals surface area contributed by atoms with Gasteiger partial charge < -0.3 is 4.42 Å². The minimum atomic E-state index is -3.38. The number of rotatable bonds is 5. The van der Waals surface area contributed by atoms with Crippen molar-refractivity contribution in [3.05, 3.63) is 46.6 Å². The van der Waals surface area contributed by atoms with Crippen LogP contribution in [0.15, 0.2) is 28.7 Å². The second kappa shape index (κ2) is 7.18. The van der Waals surface area contributed by atoms with Gasteiger partial charge in [-0.15, -0.1) is 10.2 Å². The molecule has 0 atom stereocenters. The number of benzene rings is 1. The summed E-state index contributed by atoms with van der Waals surface area (Å²) in [6.07, 6.45) is 0. The Hall–Kier alpha value is -1.48. The van der Waals surface area contributed by atoms with Gasteiger partial charge in [-0.05, 0) is 11.6 Å². The highest BCUT2D eigenvalue weighted by Gasteiger charge is 2.28. The third-order valence-electron chi connectivity index (χ3n) is 3.95. The van der Waals surface area contributed by atoms with Crippen LogP contribution in [0.25, 0.3) is 0 Å². The molecule has 9 heteroatoms. The molecule has 0 amide bonds. The first-order chi connectivity index (χ1) is 11.4. The molecule has 24 heavy (non-hydrogen) atoms. The zero-order valence-corrected chi connectivity index (χ0v) is 14.9. The summed E-state index contributed by atoms with van der Waals surface area (Å²) in [5.41, 5.74) is 0.628. The molecule has 3 rings (SSSR count). The van der Waals surface area contributed by atoms with E-state index in [1.54, 1.807) is 31.2 Å². The third kappa shape index (κ3) is 4.13. The maximum atomic E-state index is 12.6. The quantitative estimate of drug-likeness (QED) is 0.796. The molecule has 2 heterocycles. The lowest BCUT2D eigenvalue weighted by Gasteiger charge is -2.33. The largest absolute Gasteiger partial charge is 0.424 e. The molecule has 1 saturated heterocycles. The van der Waals surface area contributed by atoms with Gasteiger partial charge in [-0.3, -0.25) is 4.90 Å². The van der Waals surface area contributed by atoms with Crippen LogP contribution in [0.1, 0.15) is 17.3 Å². The zero-order valence-electron chi connectivity index (χ0n) is 13.4. The minimum absolute atomic E-state index is 0.0739. The Morgan fingerprint density at radius 3 is 2.50 bits per heavy atom. The second-order valence-corrected chi connectivity index (χ2v) is 8.11. The van der Waals surface area contributed by atoms with Crippen LogP contribution in [0.5, 0.6) is 0 Å². The van der Waals surface area contributed by atoms with Crippen molar-refractivity contribution in [1.82, 2.24) is 19.4 Å². The van der Waals surface area contributed by atoms with Crippen LogP contribution < -0.4 is 0 Å². The van der Waals surface area contributed by atoms with E-state index in [9.17, 15) is 8.42 Å². The highest BCUT2D eigenvalue weighted by atomic mass is 35.5. The number of piperazine rings is 1. The SMILES string of the molecule is Cc1nnc(CN2CCN(S(=O)(=O)Cc3ccccc3Cl)CC2)o1. The van der Waals surface area contributed by atoms with Crippen LogP contribution in [-0.4, -0.2) is 54.0 Å². The van der Waals surface area contributed by atoms with Gasteiger partial charge in [0.05, 0.1) is 12.3 Å². The monoisotopic (exact) mass is 370 g/mol. The Kier molecular flexibility index (Phi) is 5.19. The summed E-state index contributed by atoms with van der Waals surface area (Å²) in [6.45, 7) is 4.43. The average molecular weight is 371 g/mol. The zero-order chi connectivity index (χ0) is 17.2. The van der Waals surface area contributed by atoms with E-state index in [0.29, 0.717) is 55.1 Å². The highest BCUT2D eigenvalue weighted by molar-refractivity contribution is 7.88. The fraction of sp³-hybridized carbons (Fsp3) is 0.467. The average Bonchev–Trinajstić information content (AvgIpc) is 2.95. The van der Waals surface area contributed by atoms with Crippen LogP contribution in [-0.2, 0) is 22.3 Å². The van der Waals surface area contributed by atoms with Crippen molar-refractivity contribution < 1.29 is 12.8 Å². The fourth-order valence-corrected chi connectivity index (χ4v) is 4.49. The molecule has 0 saturated carbocycles. The van der Waals surface area contributed by atoms with Gasteiger partial charge in [0.15, 0.2) is 0 Å². The number of nitrogens with zero attached hydrogens (tertiary/aromatic N) is 4. The molecule has 7 nitrogen and oxygen atoms in total. The lowest BCUT2D eigenvalue weighted by atomic mass is 10.2. The molecule has 0 spiro atoms. The fourth-order valence-electron chi connectivity index (χ4n) is 2.66. The lowest BCUT2D eigenvalue weighted by molar-refractivity contribution is 0.167. The third-order valence-corrected chi connectivity index (χ3v) is 6.14. The smallest absolute Gasteiger partial charge is 0.230 e. The Bertz CT molecular complexity index is 801. The molecule has 0 N–H and O–H groups in total. The van der Waals surface area contributed by atoms with Crippen LogP contribution in [0.4, 0.5) is 0 Å². The first-order valence-electron chi connectivity index (χ1n) is 7.66. The summed E-state index contributed by atoms with van der Waals surface area (Å²) >= 11 is 6.07. The van der Waals surface area contributed by atoms with E-state index >= 15 is 0 Å². The molecule has 1 aliphatic rings. The van der Waals surface area contributed by atoms with Gasteiger partial charge in [-0.1, -0.05) is 29.8 Å². The Labute approximate surface area is 146 Å². The molecule has 2 aromatic rings. The van der Waals surface area contributed by atoms with Gasteiger partial charge in [-0.25, -0.2) is 8.42 Å². The molecule has 1 aliphatic heterocycles. The Balaban J connectivity index is 1.58. The number of aromatic nitrogens is 2. The predicted octanol–water partition coefficient (Wildman–Crippen LogP) is 1.68. The molecule has 1 aromatic carbocycles. The topological polar surface area (TPSA) is 79.5 Å². The van der Waals surface area contributed by atoms with Crippen molar-refractivity contribution in [2.45, 2.75) is 19.2 Å². The summed E-state index contributed by atoms with van der Waals surface area (Å²) in [6, 6.07) is 7.03. The number of aryl methyl sites for hydroxylation is 1. The molecule has 0 unspecified atom stereocenters. The molecular formula is C15H19ClN4O3S. The first kappa shape index (κ1) is 17.3. The number of hydrogen-bond donors (Lipinski definition) is 0. The molecular weight excluding hydrogens is 352 g/mol. The predicted molar refractivity (Wildman–Crippen MR) is 90.0 cm³/mol. The van der Waals surface area contributed by atoms with Crippen LogP contribution in [0, 0.1) is 6.92 Å². The highest BCUT2D eigenvalue weighted by Crippen LogP contribution is 2.20. The van der Waals surface area contributed by atoms with Crippen LogP contribution >= 0.6 is 11.6 Å². The van der Waals surface area contributed by atoms with Crippen molar-refractivity contribution in [1.29, 1.82) is 0 Å². The van der Waals surface area contributed by atoms with Crippen LogP contribution in [0.2, 0.25) is 5.02 Å². The van der Waals surface area contributed by atoms with Gasteiger partial charge >= 0.3 is 0 Å². The van der Waals surface area contributed by atoms with Crippen LogP contribution in [0.3, 0.4) is 0 Å². The molecule has 0 aliphatic carbocycles. The maximum absolute atomic E-state index is 12.6. The van der Waals surface area contributed by atoms with E-state index in [4.69, 9.17) is 16.0 Å². The van der Waals surface area contributed by atoms with Crippen molar-refractivity contribution in [2.75, 3.05) is 26.2 Å². The summed E-state index contributed by atoms with van der Waals surface area (Å²) in [5.74, 6) is 1.01. The van der Waals surface area contributed by atoms with Crippen molar-refractivity contribution in [3.8, 4) is 0 Å². The number of sulfonamides is 1. The van der Waals surface area contributed by atoms with Gasteiger partial charge in [0.25, 0.3) is 0 Å². The minimum Gasteiger partial charge on any atom is -0.424 e. The summed E-state index contributed by atoms with van der Waals surface area (Å²) in [7, 11) is -3.38. The van der Waals surface area contributed by atoms with E-state index in [1.165, 1.54) is 4.31 Å².